The van der Waals surface area contributed by atoms with E-state index in [0.29, 0.717) is 25.5 Å². The van der Waals surface area contributed by atoms with Crippen LogP contribution in [-0.4, -0.2) is 25.1 Å². The number of carbonyl (C=O) groups excluding carboxylic acids is 1. The molecule has 1 aromatic rings. The van der Waals surface area contributed by atoms with Gasteiger partial charge in [0.2, 0.25) is 5.91 Å². The van der Waals surface area contributed by atoms with E-state index in [9.17, 15) is 4.79 Å². The summed E-state index contributed by atoms with van der Waals surface area (Å²) in [6.45, 7) is 5.04. The molecule has 0 bridgehead atoms. The molecule has 4 nitrogen and oxygen atoms in total. The Morgan fingerprint density at radius 2 is 2.00 bits per heavy atom. The van der Waals surface area contributed by atoms with E-state index in [4.69, 9.17) is 10.5 Å². The molecular weight excluding hydrogens is 252 g/mol. The highest BCUT2D eigenvalue weighted by molar-refractivity contribution is 5.76. The third-order valence-electron chi connectivity index (χ3n) is 3.56. The van der Waals surface area contributed by atoms with Gasteiger partial charge in [-0.25, -0.2) is 0 Å². The van der Waals surface area contributed by atoms with Crippen LogP contribution in [0.15, 0.2) is 18.2 Å². The third kappa shape index (κ3) is 4.85. The molecule has 1 fully saturated rings. The summed E-state index contributed by atoms with van der Waals surface area (Å²) in [4.78, 5) is 11.7. The topological polar surface area (TPSA) is 64.3 Å². The quantitative estimate of drug-likeness (QED) is 0.799. The van der Waals surface area contributed by atoms with Gasteiger partial charge in [-0.15, -0.1) is 0 Å². The number of nitrogens with two attached hydrogens (primary N) is 1. The number of hydrogen-bond donors (Lipinski definition) is 2. The molecule has 1 amide bonds. The maximum absolute atomic E-state index is 11.7. The standard InChI is InChI=1S/C16H24N2O2/c1-11-7-12(2)9-14(8-11)20-6-5-16(19)18-10-15(17)13-3-4-13/h7-9,13,15H,3-6,10,17H2,1-2H3,(H,18,19). The molecule has 4 heteroatoms. The molecule has 0 saturated heterocycles. The maximum atomic E-state index is 11.7. The van der Waals surface area contributed by atoms with E-state index < -0.39 is 0 Å². The zero-order chi connectivity index (χ0) is 14.5. The molecule has 1 aromatic carbocycles. The van der Waals surface area contributed by atoms with E-state index in [2.05, 4.69) is 11.4 Å². The van der Waals surface area contributed by atoms with Crippen LogP contribution in [0.4, 0.5) is 0 Å². The Balaban J connectivity index is 1.65. The van der Waals surface area contributed by atoms with Gasteiger partial charge < -0.3 is 15.8 Å². The minimum atomic E-state index is 0.00507. The van der Waals surface area contributed by atoms with Crippen LogP contribution in [0.1, 0.15) is 30.4 Å². The normalized spacial score (nSPS) is 15.8. The molecule has 2 rings (SSSR count). The van der Waals surface area contributed by atoms with E-state index in [1.54, 1.807) is 0 Å². The van der Waals surface area contributed by atoms with E-state index in [0.717, 1.165) is 5.75 Å². The number of nitrogens with one attached hydrogen (secondary N) is 1. The molecule has 0 spiro atoms. The SMILES string of the molecule is Cc1cc(C)cc(OCCC(=O)NCC(N)C2CC2)c1. The molecule has 0 radical (unpaired) electrons. The highest BCUT2D eigenvalue weighted by atomic mass is 16.5. The van der Waals surface area contributed by atoms with Gasteiger partial charge >= 0.3 is 0 Å². The van der Waals surface area contributed by atoms with Crippen LogP contribution in [0, 0.1) is 19.8 Å². The second kappa shape index (κ2) is 6.75. The smallest absolute Gasteiger partial charge is 0.223 e. The number of aryl methyl sites for hydroxylation is 2. The average molecular weight is 276 g/mol. The summed E-state index contributed by atoms with van der Waals surface area (Å²) in [5.41, 5.74) is 8.27. The van der Waals surface area contributed by atoms with Crippen LogP contribution in [0.2, 0.25) is 0 Å². The van der Waals surface area contributed by atoms with E-state index in [1.165, 1.54) is 24.0 Å². The van der Waals surface area contributed by atoms with Gasteiger partial charge in [-0.05, 0) is 55.9 Å². The van der Waals surface area contributed by atoms with Crippen molar-refractivity contribution in [3.8, 4) is 5.75 Å². The van der Waals surface area contributed by atoms with E-state index in [1.807, 2.05) is 26.0 Å². The minimum Gasteiger partial charge on any atom is -0.493 e. The van der Waals surface area contributed by atoms with Gasteiger partial charge in [0.25, 0.3) is 0 Å². The fraction of sp³-hybridized carbons (Fsp3) is 0.562. The van der Waals surface area contributed by atoms with Crippen molar-refractivity contribution in [2.45, 2.75) is 39.2 Å². The first-order valence-corrected chi connectivity index (χ1v) is 7.28. The summed E-state index contributed by atoms with van der Waals surface area (Å²) < 4.78 is 5.61. The lowest BCUT2D eigenvalue weighted by molar-refractivity contribution is -0.121. The Hall–Kier alpha value is -1.55. The highest BCUT2D eigenvalue weighted by Gasteiger charge is 2.28. The molecule has 1 aliphatic carbocycles. The Kier molecular flexibility index (Phi) is 5.01. The first-order valence-electron chi connectivity index (χ1n) is 7.28. The van der Waals surface area contributed by atoms with Gasteiger partial charge in [0.05, 0.1) is 13.0 Å². The first kappa shape index (κ1) is 14.9. The van der Waals surface area contributed by atoms with E-state index >= 15 is 0 Å². The van der Waals surface area contributed by atoms with Crippen molar-refractivity contribution in [1.82, 2.24) is 5.32 Å². The van der Waals surface area contributed by atoms with Crippen LogP contribution >= 0.6 is 0 Å². The van der Waals surface area contributed by atoms with Crippen LogP contribution in [-0.2, 0) is 4.79 Å². The van der Waals surface area contributed by atoms with Gasteiger partial charge in [0.1, 0.15) is 5.75 Å². The van der Waals surface area contributed by atoms with E-state index in [-0.39, 0.29) is 11.9 Å². The summed E-state index contributed by atoms with van der Waals surface area (Å²) in [6, 6.07) is 6.17. The van der Waals surface area contributed by atoms with Gasteiger partial charge in [-0.2, -0.15) is 0 Å². The average Bonchev–Trinajstić information content (AvgIpc) is 3.19. The van der Waals surface area contributed by atoms with Crippen molar-refractivity contribution >= 4 is 5.91 Å². The second-order valence-corrected chi connectivity index (χ2v) is 5.73. The largest absolute Gasteiger partial charge is 0.493 e. The molecule has 1 saturated carbocycles. The van der Waals surface area contributed by atoms with Crippen molar-refractivity contribution in [1.29, 1.82) is 0 Å². The number of carbonyl (C=O) groups is 1. The predicted molar refractivity (Wildman–Crippen MR) is 79.7 cm³/mol. The number of amides is 1. The number of benzene rings is 1. The van der Waals surface area contributed by atoms with Crippen LogP contribution in [0.3, 0.4) is 0 Å². The third-order valence-corrected chi connectivity index (χ3v) is 3.56. The lowest BCUT2D eigenvalue weighted by atomic mass is 10.1. The zero-order valence-electron chi connectivity index (χ0n) is 12.3. The zero-order valence-corrected chi connectivity index (χ0v) is 12.3. The number of hydrogen-bond acceptors (Lipinski definition) is 3. The molecule has 20 heavy (non-hydrogen) atoms. The van der Waals surface area contributed by atoms with Crippen molar-refractivity contribution in [2.24, 2.45) is 11.7 Å². The van der Waals surface area contributed by atoms with Gasteiger partial charge in [-0.1, -0.05) is 6.07 Å². The van der Waals surface area contributed by atoms with Crippen molar-refractivity contribution in [2.75, 3.05) is 13.2 Å². The second-order valence-electron chi connectivity index (χ2n) is 5.73. The Morgan fingerprint density at radius 1 is 1.35 bits per heavy atom. The Bertz CT molecular complexity index is 449. The van der Waals surface area contributed by atoms with Gasteiger partial charge in [0, 0.05) is 12.6 Å². The summed E-state index contributed by atoms with van der Waals surface area (Å²) in [6.07, 6.45) is 2.77. The molecule has 1 unspecified atom stereocenters. The van der Waals surface area contributed by atoms with Crippen LogP contribution in [0.25, 0.3) is 0 Å². The van der Waals surface area contributed by atoms with Crippen molar-refractivity contribution in [3.05, 3.63) is 29.3 Å². The first-order chi connectivity index (χ1) is 9.54. The molecule has 1 aliphatic rings. The van der Waals surface area contributed by atoms with Crippen molar-refractivity contribution in [3.63, 3.8) is 0 Å². The molecule has 110 valence electrons. The van der Waals surface area contributed by atoms with Gasteiger partial charge in [-0.3, -0.25) is 4.79 Å². The summed E-state index contributed by atoms with van der Waals surface area (Å²) in [5.74, 6) is 1.44. The Morgan fingerprint density at radius 3 is 2.60 bits per heavy atom. The monoisotopic (exact) mass is 276 g/mol. The molecule has 1 atom stereocenters. The van der Waals surface area contributed by atoms with Crippen molar-refractivity contribution < 1.29 is 9.53 Å². The fourth-order valence-electron chi connectivity index (χ4n) is 2.29. The lowest BCUT2D eigenvalue weighted by Crippen LogP contribution is -2.38. The Labute approximate surface area is 120 Å². The predicted octanol–water partition coefficient (Wildman–Crippen LogP) is 1.93. The molecule has 3 N–H and O–H groups in total. The molecular formula is C16H24N2O2. The summed E-state index contributed by atoms with van der Waals surface area (Å²) >= 11 is 0. The minimum absolute atomic E-state index is 0.00507. The summed E-state index contributed by atoms with van der Waals surface area (Å²) in [5, 5.41) is 2.87. The lowest BCUT2D eigenvalue weighted by Gasteiger charge is -2.12. The molecule has 0 heterocycles. The highest BCUT2D eigenvalue weighted by Crippen LogP contribution is 2.31. The number of rotatable bonds is 7. The fourth-order valence-corrected chi connectivity index (χ4v) is 2.29. The maximum Gasteiger partial charge on any atom is 0.223 e. The van der Waals surface area contributed by atoms with Crippen LogP contribution in [0.5, 0.6) is 5.75 Å². The number of ether oxygens (including phenoxy) is 1. The molecule has 0 aliphatic heterocycles. The molecule has 0 aromatic heterocycles. The summed E-state index contributed by atoms with van der Waals surface area (Å²) in [7, 11) is 0. The van der Waals surface area contributed by atoms with Gasteiger partial charge in [0.15, 0.2) is 0 Å². The van der Waals surface area contributed by atoms with Crippen LogP contribution < -0.4 is 15.8 Å².